The van der Waals surface area contributed by atoms with Gasteiger partial charge in [-0.2, -0.15) is 4.39 Å². The molecule has 1 atom stereocenters. The minimum atomic E-state index is -2.35. The van der Waals surface area contributed by atoms with E-state index >= 15 is 0 Å². The van der Waals surface area contributed by atoms with E-state index in [9.17, 15) is 9.18 Å². The van der Waals surface area contributed by atoms with Gasteiger partial charge >= 0.3 is 12.3 Å². The van der Waals surface area contributed by atoms with Gasteiger partial charge in [0.15, 0.2) is 0 Å². The SMILES string of the molecule is CC(C)(c1ccccc1)c1ccc(OC(F)C(=O)O)cc1. The van der Waals surface area contributed by atoms with Crippen molar-refractivity contribution in [3.05, 3.63) is 65.7 Å². The summed E-state index contributed by atoms with van der Waals surface area (Å²) >= 11 is 0. The van der Waals surface area contributed by atoms with Crippen LogP contribution in [-0.4, -0.2) is 17.4 Å². The first kappa shape index (κ1) is 15.0. The van der Waals surface area contributed by atoms with Crippen molar-refractivity contribution in [2.75, 3.05) is 0 Å². The highest BCUT2D eigenvalue weighted by atomic mass is 19.1. The number of hydrogen-bond donors (Lipinski definition) is 1. The van der Waals surface area contributed by atoms with Gasteiger partial charge in [0.2, 0.25) is 0 Å². The molecule has 4 heteroatoms. The molecule has 0 heterocycles. The Hall–Kier alpha value is -2.36. The predicted molar refractivity (Wildman–Crippen MR) is 78.2 cm³/mol. The van der Waals surface area contributed by atoms with Gasteiger partial charge in [-0.05, 0) is 23.3 Å². The summed E-state index contributed by atoms with van der Waals surface area (Å²) < 4.78 is 17.7. The van der Waals surface area contributed by atoms with Gasteiger partial charge in [-0.3, -0.25) is 0 Å². The van der Waals surface area contributed by atoms with Crippen LogP contribution in [0.15, 0.2) is 54.6 Å². The van der Waals surface area contributed by atoms with Crippen molar-refractivity contribution >= 4 is 5.97 Å². The fourth-order valence-corrected chi connectivity index (χ4v) is 2.14. The van der Waals surface area contributed by atoms with E-state index in [1.54, 1.807) is 12.1 Å². The highest BCUT2D eigenvalue weighted by Gasteiger charge is 2.23. The van der Waals surface area contributed by atoms with Gasteiger partial charge in [-0.15, -0.1) is 0 Å². The molecule has 0 aliphatic heterocycles. The monoisotopic (exact) mass is 288 g/mol. The molecule has 0 amide bonds. The molecule has 0 aromatic heterocycles. The number of benzene rings is 2. The number of aliphatic carboxylic acids is 1. The standard InChI is InChI=1S/C17H17FO3/c1-17(2,12-6-4-3-5-7-12)13-8-10-14(11-9-13)21-15(18)16(19)20/h3-11,15H,1-2H3,(H,19,20). The average molecular weight is 288 g/mol. The highest BCUT2D eigenvalue weighted by molar-refractivity contribution is 5.70. The van der Waals surface area contributed by atoms with Crippen LogP contribution in [0.4, 0.5) is 4.39 Å². The molecule has 0 bridgehead atoms. The molecule has 1 N–H and O–H groups in total. The second kappa shape index (κ2) is 5.95. The Bertz CT molecular complexity index is 606. The molecule has 21 heavy (non-hydrogen) atoms. The van der Waals surface area contributed by atoms with Crippen LogP contribution in [0.3, 0.4) is 0 Å². The van der Waals surface area contributed by atoms with E-state index in [1.807, 2.05) is 42.5 Å². The quantitative estimate of drug-likeness (QED) is 0.911. The van der Waals surface area contributed by atoms with Crippen LogP contribution in [0.2, 0.25) is 0 Å². The number of carboxylic acids is 1. The smallest absolute Gasteiger partial charge is 0.378 e. The lowest BCUT2D eigenvalue weighted by molar-refractivity contribution is -0.153. The molecule has 110 valence electrons. The summed E-state index contributed by atoms with van der Waals surface area (Å²) in [6, 6.07) is 16.8. The van der Waals surface area contributed by atoms with Crippen molar-refractivity contribution in [1.29, 1.82) is 0 Å². The van der Waals surface area contributed by atoms with Crippen molar-refractivity contribution in [3.8, 4) is 5.75 Å². The molecule has 0 aliphatic rings. The summed E-state index contributed by atoms with van der Waals surface area (Å²) in [6.07, 6.45) is -2.35. The zero-order valence-corrected chi connectivity index (χ0v) is 11.9. The second-order valence-electron chi connectivity index (χ2n) is 5.29. The molecule has 0 aliphatic carbocycles. The van der Waals surface area contributed by atoms with Gasteiger partial charge in [0.1, 0.15) is 5.75 Å². The number of halogens is 1. The van der Waals surface area contributed by atoms with E-state index in [0.29, 0.717) is 0 Å². The molecular formula is C17H17FO3. The summed E-state index contributed by atoms with van der Waals surface area (Å²) in [4.78, 5) is 10.4. The van der Waals surface area contributed by atoms with Crippen LogP contribution >= 0.6 is 0 Å². The maximum Gasteiger partial charge on any atom is 0.378 e. The van der Waals surface area contributed by atoms with E-state index in [0.717, 1.165) is 11.1 Å². The second-order valence-corrected chi connectivity index (χ2v) is 5.29. The normalized spacial score (nSPS) is 12.7. The molecule has 0 saturated heterocycles. The van der Waals surface area contributed by atoms with Crippen molar-refractivity contribution in [2.45, 2.75) is 25.6 Å². The van der Waals surface area contributed by atoms with Gasteiger partial charge in [-0.25, -0.2) is 4.79 Å². The van der Waals surface area contributed by atoms with Gasteiger partial charge in [0.05, 0.1) is 0 Å². The molecule has 2 aromatic carbocycles. The zero-order chi connectivity index (χ0) is 15.5. The molecule has 1 unspecified atom stereocenters. The first-order valence-corrected chi connectivity index (χ1v) is 6.61. The zero-order valence-electron chi connectivity index (χ0n) is 11.9. The Morgan fingerprint density at radius 1 is 1.05 bits per heavy atom. The lowest BCUT2D eigenvalue weighted by Crippen LogP contribution is -2.22. The van der Waals surface area contributed by atoms with Gasteiger partial charge in [-0.1, -0.05) is 56.3 Å². The fourth-order valence-electron chi connectivity index (χ4n) is 2.14. The Labute approximate surface area is 123 Å². The molecule has 0 saturated carbocycles. The first-order valence-electron chi connectivity index (χ1n) is 6.61. The number of carbonyl (C=O) groups is 1. The Morgan fingerprint density at radius 3 is 2.10 bits per heavy atom. The van der Waals surface area contributed by atoms with Crippen LogP contribution in [0.25, 0.3) is 0 Å². The molecule has 0 fully saturated rings. The predicted octanol–water partition coefficient (Wildman–Crippen LogP) is 3.77. The van der Waals surface area contributed by atoms with Gasteiger partial charge < -0.3 is 9.84 Å². The molecule has 0 spiro atoms. The molecule has 3 nitrogen and oxygen atoms in total. The largest absolute Gasteiger partial charge is 0.476 e. The minimum absolute atomic E-state index is 0.192. The lowest BCUT2D eigenvalue weighted by atomic mass is 9.78. The minimum Gasteiger partial charge on any atom is -0.476 e. The van der Waals surface area contributed by atoms with E-state index in [-0.39, 0.29) is 11.2 Å². The summed E-state index contributed by atoms with van der Waals surface area (Å²) in [5.41, 5.74) is 1.99. The van der Waals surface area contributed by atoms with Crippen LogP contribution in [0.1, 0.15) is 25.0 Å². The number of rotatable bonds is 5. The molecular weight excluding hydrogens is 271 g/mol. The van der Waals surface area contributed by atoms with Crippen molar-refractivity contribution < 1.29 is 19.0 Å². The van der Waals surface area contributed by atoms with Crippen LogP contribution < -0.4 is 4.74 Å². The van der Waals surface area contributed by atoms with E-state index in [4.69, 9.17) is 5.11 Å². The van der Waals surface area contributed by atoms with Gasteiger partial charge in [0, 0.05) is 5.41 Å². The summed E-state index contributed by atoms with van der Waals surface area (Å²) in [7, 11) is 0. The average Bonchev–Trinajstić information content (AvgIpc) is 2.48. The van der Waals surface area contributed by atoms with E-state index < -0.39 is 12.3 Å². The third kappa shape index (κ3) is 3.40. The third-order valence-corrected chi connectivity index (χ3v) is 3.51. The highest BCUT2D eigenvalue weighted by Crippen LogP contribution is 2.32. The maximum absolute atomic E-state index is 13.0. The Morgan fingerprint density at radius 2 is 1.57 bits per heavy atom. The van der Waals surface area contributed by atoms with Crippen molar-refractivity contribution in [1.82, 2.24) is 0 Å². The Balaban J connectivity index is 2.21. The summed E-state index contributed by atoms with van der Waals surface area (Å²) in [5, 5.41) is 8.48. The van der Waals surface area contributed by atoms with E-state index in [1.165, 1.54) is 0 Å². The molecule has 2 rings (SSSR count). The third-order valence-electron chi connectivity index (χ3n) is 3.51. The summed E-state index contributed by atoms with van der Waals surface area (Å²) in [5.74, 6) is -1.44. The number of hydrogen-bond acceptors (Lipinski definition) is 2. The van der Waals surface area contributed by atoms with Crippen molar-refractivity contribution in [2.24, 2.45) is 0 Å². The number of carboxylic acid groups (broad SMARTS) is 1. The number of ether oxygens (including phenoxy) is 1. The van der Waals surface area contributed by atoms with Gasteiger partial charge in [0.25, 0.3) is 0 Å². The van der Waals surface area contributed by atoms with E-state index in [2.05, 4.69) is 18.6 Å². The molecule has 2 aromatic rings. The van der Waals surface area contributed by atoms with Crippen LogP contribution in [0.5, 0.6) is 5.75 Å². The Kier molecular flexibility index (Phi) is 4.26. The molecule has 0 radical (unpaired) electrons. The van der Waals surface area contributed by atoms with Crippen molar-refractivity contribution in [3.63, 3.8) is 0 Å². The maximum atomic E-state index is 13.0. The summed E-state index contributed by atoms with van der Waals surface area (Å²) in [6.45, 7) is 4.18. The number of alkyl halides is 1. The van der Waals surface area contributed by atoms with Crippen LogP contribution in [-0.2, 0) is 10.2 Å². The lowest BCUT2D eigenvalue weighted by Gasteiger charge is -2.26. The topological polar surface area (TPSA) is 46.5 Å². The fraction of sp³-hybridized carbons (Fsp3) is 0.235. The van der Waals surface area contributed by atoms with Crippen LogP contribution in [0, 0.1) is 0 Å². The first-order chi connectivity index (χ1) is 9.91.